The molecule has 4 rings (SSSR count). The van der Waals surface area contributed by atoms with Crippen molar-refractivity contribution < 1.29 is 18.0 Å². The summed E-state index contributed by atoms with van der Waals surface area (Å²) in [5, 5.41) is 0. The minimum absolute atomic E-state index is 0.0117. The topological polar surface area (TPSA) is 86.2 Å². The summed E-state index contributed by atoms with van der Waals surface area (Å²) in [7, 11) is 0. The molecule has 4 heterocycles. The molecule has 0 aliphatic rings. The number of imidazole rings is 1. The number of hydrogen-bond acceptors (Lipinski definition) is 4. The maximum absolute atomic E-state index is 13.3. The van der Waals surface area contributed by atoms with Crippen LogP contribution in [0.5, 0.6) is 0 Å². The van der Waals surface area contributed by atoms with Crippen LogP contribution in [-0.2, 0) is 17.4 Å². The second kappa shape index (κ2) is 7.25. The van der Waals surface area contributed by atoms with E-state index in [4.69, 9.17) is 5.73 Å². The quantitative estimate of drug-likeness (QED) is 0.553. The number of hydrogen-bond donors (Lipinski definition) is 1. The molecule has 0 aromatic carbocycles. The van der Waals surface area contributed by atoms with E-state index in [2.05, 4.69) is 15.0 Å². The van der Waals surface area contributed by atoms with E-state index in [1.807, 2.05) is 0 Å². The molecule has 1 amide bonds. The number of fused-ring (bicyclic) bond motifs is 1. The number of aromatic nitrogens is 4. The van der Waals surface area contributed by atoms with Crippen LogP contribution in [0.4, 0.5) is 13.2 Å². The Morgan fingerprint density at radius 1 is 1.10 bits per heavy atom. The van der Waals surface area contributed by atoms with Crippen molar-refractivity contribution in [2.75, 3.05) is 0 Å². The predicted octanol–water partition coefficient (Wildman–Crippen LogP) is 3.81. The van der Waals surface area contributed by atoms with Crippen LogP contribution in [0.1, 0.15) is 17.1 Å². The Hall–Kier alpha value is -3.75. The van der Waals surface area contributed by atoms with Gasteiger partial charge in [-0.25, -0.2) is 9.97 Å². The summed E-state index contributed by atoms with van der Waals surface area (Å²) >= 11 is 0. The minimum Gasteiger partial charge on any atom is -0.369 e. The third-order valence-corrected chi connectivity index (χ3v) is 4.57. The molecular formula is C21H16F3N5O. The molecule has 0 aliphatic heterocycles. The lowest BCUT2D eigenvalue weighted by Gasteiger charge is -2.13. The van der Waals surface area contributed by atoms with Gasteiger partial charge in [0.1, 0.15) is 11.3 Å². The fraction of sp³-hybridized carbons (Fsp3) is 0.143. The second-order valence-electron chi connectivity index (χ2n) is 6.79. The van der Waals surface area contributed by atoms with Gasteiger partial charge in [0.2, 0.25) is 5.91 Å². The molecule has 6 nitrogen and oxygen atoms in total. The van der Waals surface area contributed by atoms with Crippen molar-refractivity contribution >= 4 is 11.6 Å². The van der Waals surface area contributed by atoms with Crippen molar-refractivity contribution in [3.63, 3.8) is 0 Å². The first kappa shape index (κ1) is 19.6. The zero-order valence-corrected chi connectivity index (χ0v) is 15.8. The number of rotatable bonds is 4. The van der Waals surface area contributed by atoms with Gasteiger partial charge in [0.15, 0.2) is 0 Å². The van der Waals surface area contributed by atoms with Crippen molar-refractivity contribution in [1.82, 2.24) is 19.4 Å². The van der Waals surface area contributed by atoms with Gasteiger partial charge in [-0.05, 0) is 43.3 Å². The number of carbonyl (C=O) groups excluding carboxylic acids is 1. The molecule has 152 valence electrons. The lowest BCUT2D eigenvalue weighted by atomic mass is 10.0. The predicted molar refractivity (Wildman–Crippen MR) is 104 cm³/mol. The largest absolute Gasteiger partial charge is 0.433 e. The molecule has 2 N–H and O–H groups in total. The normalized spacial score (nSPS) is 11.7. The van der Waals surface area contributed by atoms with Crippen LogP contribution < -0.4 is 5.73 Å². The van der Waals surface area contributed by atoms with Crippen molar-refractivity contribution in [1.29, 1.82) is 0 Å². The summed E-state index contributed by atoms with van der Waals surface area (Å²) in [5.41, 5.74) is 7.64. The first-order valence-electron chi connectivity index (χ1n) is 8.99. The van der Waals surface area contributed by atoms with E-state index in [-0.39, 0.29) is 12.1 Å². The number of nitrogens with two attached hydrogens (primary N) is 1. The van der Waals surface area contributed by atoms with Crippen molar-refractivity contribution in [2.45, 2.75) is 19.5 Å². The highest BCUT2D eigenvalue weighted by atomic mass is 19.4. The zero-order valence-electron chi connectivity index (χ0n) is 15.8. The Labute approximate surface area is 169 Å². The lowest BCUT2D eigenvalue weighted by molar-refractivity contribution is -0.141. The molecule has 30 heavy (non-hydrogen) atoms. The lowest BCUT2D eigenvalue weighted by Crippen LogP contribution is -2.14. The molecule has 4 aromatic heterocycles. The fourth-order valence-electron chi connectivity index (χ4n) is 3.22. The summed E-state index contributed by atoms with van der Waals surface area (Å²) in [4.78, 5) is 23.8. The van der Waals surface area contributed by atoms with E-state index in [1.54, 1.807) is 47.9 Å². The van der Waals surface area contributed by atoms with Gasteiger partial charge < -0.3 is 10.1 Å². The highest BCUT2D eigenvalue weighted by molar-refractivity contribution is 5.80. The van der Waals surface area contributed by atoms with E-state index in [0.717, 1.165) is 6.07 Å². The number of nitrogens with zero attached hydrogens (tertiary/aromatic N) is 4. The Bertz CT molecular complexity index is 1260. The maximum Gasteiger partial charge on any atom is 0.433 e. The van der Waals surface area contributed by atoms with E-state index < -0.39 is 17.8 Å². The third-order valence-electron chi connectivity index (χ3n) is 4.57. The van der Waals surface area contributed by atoms with Crippen molar-refractivity contribution in [3.05, 3.63) is 71.9 Å². The number of carbonyl (C=O) groups is 1. The number of aryl methyl sites for hydroxylation is 1. The zero-order chi connectivity index (χ0) is 21.5. The first-order chi connectivity index (χ1) is 14.2. The molecule has 4 aromatic rings. The van der Waals surface area contributed by atoms with Crippen LogP contribution in [0.15, 0.2) is 54.9 Å². The number of pyridine rings is 3. The summed E-state index contributed by atoms with van der Waals surface area (Å²) in [6.45, 7) is 1.75. The second-order valence-corrected chi connectivity index (χ2v) is 6.79. The Morgan fingerprint density at radius 2 is 1.90 bits per heavy atom. The van der Waals surface area contributed by atoms with Gasteiger partial charge in [0.25, 0.3) is 0 Å². The summed E-state index contributed by atoms with van der Waals surface area (Å²) in [6.07, 6.45) is -1.36. The van der Waals surface area contributed by atoms with E-state index >= 15 is 0 Å². The molecule has 9 heteroatoms. The minimum atomic E-state index is -4.58. The number of alkyl halides is 3. The van der Waals surface area contributed by atoms with Gasteiger partial charge in [-0.2, -0.15) is 13.2 Å². The van der Waals surface area contributed by atoms with Gasteiger partial charge in [-0.1, -0.05) is 6.07 Å². The molecule has 0 unspecified atom stereocenters. The van der Waals surface area contributed by atoms with Crippen LogP contribution in [0.25, 0.3) is 28.2 Å². The van der Waals surface area contributed by atoms with Gasteiger partial charge in [-0.3, -0.25) is 9.78 Å². The molecular weight excluding hydrogens is 395 g/mol. The number of primary amides is 1. The monoisotopic (exact) mass is 411 g/mol. The maximum atomic E-state index is 13.3. The van der Waals surface area contributed by atoms with Gasteiger partial charge in [0.05, 0.1) is 23.5 Å². The average molecular weight is 411 g/mol. The third kappa shape index (κ3) is 3.73. The highest BCUT2D eigenvalue weighted by Gasteiger charge is 2.33. The molecule has 0 bridgehead atoms. The Kier molecular flexibility index (Phi) is 4.73. The SMILES string of the molecule is Cc1cccc(-c2nc(C(F)(F)F)ccc2-c2ccc3ncc(CC(N)=O)n3c2)n1. The van der Waals surface area contributed by atoms with Gasteiger partial charge in [0, 0.05) is 29.2 Å². The molecule has 0 spiro atoms. The van der Waals surface area contributed by atoms with Crippen molar-refractivity contribution in [2.24, 2.45) is 5.73 Å². The van der Waals surface area contributed by atoms with Crippen LogP contribution in [-0.4, -0.2) is 25.3 Å². The standard InChI is InChI=1S/C21H16F3N5O/c1-12-3-2-4-16(27-12)20-15(6-7-17(28-20)21(22,23)24)13-5-8-19-26-10-14(9-18(25)30)29(19)11-13/h2-8,10-11H,9H2,1H3,(H2,25,30). The molecule has 0 radical (unpaired) electrons. The van der Waals surface area contributed by atoms with Gasteiger partial charge in [-0.15, -0.1) is 0 Å². The highest BCUT2D eigenvalue weighted by Crippen LogP contribution is 2.35. The van der Waals surface area contributed by atoms with Gasteiger partial charge >= 0.3 is 6.18 Å². The van der Waals surface area contributed by atoms with E-state index in [9.17, 15) is 18.0 Å². The molecule has 0 saturated heterocycles. The van der Waals surface area contributed by atoms with Crippen LogP contribution >= 0.6 is 0 Å². The van der Waals surface area contributed by atoms with Crippen LogP contribution in [0, 0.1) is 6.92 Å². The van der Waals surface area contributed by atoms with E-state index in [0.29, 0.717) is 33.9 Å². The number of amides is 1. The fourth-order valence-corrected chi connectivity index (χ4v) is 3.22. The van der Waals surface area contributed by atoms with E-state index in [1.165, 1.54) is 12.3 Å². The number of halogens is 3. The summed E-state index contributed by atoms with van der Waals surface area (Å²) < 4.78 is 41.6. The molecule has 0 fully saturated rings. The molecule has 0 aliphatic carbocycles. The van der Waals surface area contributed by atoms with Crippen LogP contribution in [0.3, 0.4) is 0 Å². The smallest absolute Gasteiger partial charge is 0.369 e. The first-order valence-corrected chi connectivity index (χ1v) is 8.99. The molecule has 0 atom stereocenters. The van der Waals surface area contributed by atoms with Crippen LogP contribution in [0.2, 0.25) is 0 Å². The molecule has 0 saturated carbocycles. The van der Waals surface area contributed by atoms with Crippen molar-refractivity contribution in [3.8, 4) is 22.5 Å². The Morgan fingerprint density at radius 3 is 2.60 bits per heavy atom. The Balaban J connectivity index is 1.93. The average Bonchev–Trinajstić information content (AvgIpc) is 3.08. The summed E-state index contributed by atoms with van der Waals surface area (Å²) in [5.74, 6) is -0.511. The summed E-state index contributed by atoms with van der Waals surface area (Å²) in [6, 6.07) is 10.9.